The van der Waals surface area contributed by atoms with E-state index in [0.29, 0.717) is 16.9 Å². The number of ether oxygens (including phenoxy) is 2. The molecule has 0 aliphatic rings. The number of aliphatic hydroxyl groups is 1. The molecule has 2 rings (SSSR count). The molecular formula is C22H26FNO5. The van der Waals surface area contributed by atoms with Gasteiger partial charge in [-0.25, -0.2) is 9.18 Å². The van der Waals surface area contributed by atoms with Crippen molar-refractivity contribution in [2.24, 2.45) is 0 Å². The van der Waals surface area contributed by atoms with Crippen LogP contribution in [0.5, 0.6) is 5.75 Å². The number of hydrogen-bond donors (Lipinski definition) is 1. The number of amides is 1. The van der Waals surface area contributed by atoms with E-state index in [1.165, 1.54) is 29.2 Å². The zero-order valence-corrected chi connectivity index (χ0v) is 17.0. The van der Waals surface area contributed by atoms with Gasteiger partial charge in [-0.1, -0.05) is 24.3 Å². The van der Waals surface area contributed by atoms with E-state index in [2.05, 4.69) is 0 Å². The van der Waals surface area contributed by atoms with Gasteiger partial charge >= 0.3 is 12.1 Å². The molecule has 1 unspecified atom stereocenters. The largest absolute Gasteiger partial charge is 0.444 e. The van der Waals surface area contributed by atoms with Gasteiger partial charge in [0, 0.05) is 7.05 Å². The summed E-state index contributed by atoms with van der Waals surface area (Å²) in [7, 11) is 1.54. The van der Waals surface area contributed by atoms with E-state index in [4.69, 9.17) is 9.47 Å². The van der Waals surface area contributed by atoms with E-state index < -0.39 is 23.8 Å². The Morgan fingerprint density at radius 3 is 2.21 bits per heavy atom. The Labute approximate surface area is 169 Å². The Morgan fingerprint density at radius 1 is 1.07 bits per heavy atom. The molecule has 0 aliphatic heterocycles. The maximum Gasteiger partial charge on any atom is 0.410 e. The molecule has 2 aromatic carbocycles. The molecule has 29 heavy (non-hydrogen) atoms. The fourth-order valence-electron chi connectivity index (χ4n) is 2.47. The lowest BCUT2D eigenvalue weighted by Crippen LogP contribution is -2.36. The molecule has 0 radical (unpaired) electrons. The lowest BCUT2D eigenvalue weighted by atomic mass is 10.1. The van der Waals surface area contributed by atoms with E-state index in [9.17, 15) is 19.1 Å². The highest BCUT2D eigenvalue weighted by atomic mass is 19.1. The minimum atomic E-state index is -0.920. The van der Waals surface area contributed by atoms with Crippen molar-refractivity contribution in [2.45, 2.75) is 38.9 Å². The minimum absolute atomic E-state index is 0.0192. The van der Waals surface area contributed by atoms with Crippen molar-refractivity contribution in [3.05, 3.63) is 65.5 Å². The lowest BCUT2D eigenvalue weighted by molar-refractivity contribution is -0.133. The van der Waals surface area contributed by atoms with Crippen LogP contribution in [0.1, 0.15) is 38.0 Å². The molecule has 0 saturated carbocycles. The van der Waals surface area contributed by atoms with Crippen LogP contribution in [0.15, 0.2) is 48.5 Å². The summed E-state index contributed by atoms with van der Waals surface area (Å²) in [5.74, 6) is -0.517. The number of carbonyl (C=O) groups excluding carboxylic acids is 2. The normalized spacial score (nSPS) is 12.2. The Morgan fingerprint density at radius 2 is 1.66 bits per heavy atom. The number of rotatable bonds is 6. The monoisotopic (exact) mass is 403 g/mol. The summed E-state index contributed by atoms with van der Waals surface area (Å²) in [6.07, 6.45) is -1.43. The highest BCUT2D eigenvalue weighted by Gasteiger charge is 2.22. The fraction of sp³-hybridized carbons (Fsp3) is 0.364. The summed E-state index contributed by atoms with van der Waals surface area (Å²) in [5, 5.41) is 10.3. The van der Waals surface area contributed by atoms with Crippen molar-refractivity contribution in [1.29, 1.82) is 0 Å². The molecule has 1 amide bonds. The van der Waals surface area contributed by atoms with Crippen LogP contribution in [0.3, 0.4) is 0 Å². The molecule has 0 saturated heterocycles. The Hall–Kier alpha value is -2.93. The standard InChI is InChI=1S/C22H26FNO5/c1-22(2,3)29-21(27)24(4)14-19(25)16-7-11-18(12-8-16)28-20(26)13-15-5-9-17(23)10-6-15/h5-12,19,25H,13-14H2,1-4H3. The third-order valence-corrected chi connectivity index (χ3v) is 3.91. The highest BCUT2D eigenvalue weighted by Crippen LogP contribution is 2.20. The Balaban J connectivity index is 1.89. The van der Waals surface area contributed by atoms with Gasteiger partial charge in [-0.3, -0.25) is 4.79 Å². The average Bonchev–Trinajstić information content (AvgIpc) is 2.62. The minimum Gasteiger partial charge on any atom is -0.444 e. The van der Waals surface area contributed by atoms with Crippen molar-refractivity contribution in [2.75, 3.05) is 13.6 Å². The predicted molar refractivity (Wildman–Crippen MR) is 106 cm³/mol. The van der Waals surface area contributed by atoms with Gasteiger partial charge in [0.25, 0.3) is 0 Å². The van der Waals surface area contributed by atoms with Crippen LogP contribution in [-0.4, -0.2) is 41.3 Å². The maximum atomic E-state index is 12.9. The molecule has 0 aliphatic carbocycles. The van der Waals surface area contributed by atoms with Crippen LogP contribution in [-0.2, 0) is 16.0 Å². The first kappa shape index (κ1) is 22.4. The van der Waals surface area contributed by atoms with Crippen molar-refractivity contribution in [1.82, 2.24) is 4.90 Å². The molecule has 7 heteroatoms. The van der Waals surface area contributed by atoms with Crippen molar-refractivity contribution in [3.63, 3.8) is 0 Å². The SMILES string of the molecule is CN(CC(O)c1ccc(OC(=O)Cc2ccc(F)cc2)cc1)C(=O)OC(C)(C)C. The van der Waals surface area contributed by atoms with Gasteiger partial charge < -0.3 is 19.5 Å². The summed E-state index contributed by atoms with van der Waals surface area (Å²) in [5.41, 5.74) is 0.600. The van der Waals surface area contributed by atoms with Gasteiger partial charge in [0.2, 0.25) is 0 Å². The van der Waals surface area contributed by atoms with Gasteiger partial charge in [0.15, 0.2) is 0 Å². The summed E-state index contributed by atoms with van der Waals surface area (Å²) in [6, 6.07) is 12.0. The first-order valence-corrected chi connectivity index (χ1v) is 9.21. The second kappa shape index (κ2) is 9.52. The number of carbonyl (C=O) groups is 2. The first-order valence-electron chi connectivity index (χ1n) is 9.21. The lowest BCUT2D eigenvalue weighted by Gasteiger charge is -2.26. The molecule has 2 aromatic rings. The molecule has 0 fully saturated rings. The first-order chi connectivity index (χ1) is 13.5. The zero-order chi connectivity index (χ0) is 21.6. The van der Waals surface area contributed by atoms with Crippen molar-refractivity contribution >= 4 is 12.1 Å². The molecule has 0 heterocycles. The zero-order valence-electron chi connectivity index (χ0n) is 17.0. The van der Waals surface area contributed by atoms with Gasteiger partial charge in [-0.05, 0) is 56.2 Å². The number of nitrogens with zero attached hydrogens (tertiary/aromatic N) is 1. The second-order valence-electron chi connectivity index (χ2n) is 7.72. The van der Waals surface area contributed by atoms with E-state index in [-0.39, 0.29) is 18.8 Å². The number of benzene rings is 2. The van der Waals surface area contributed by atoms with E-state index in [1.807, 2.05) is 0 Å². The number of hydrogen-bond acceptors (Lipinski definition) is 5. The summed E-state index contributed by atoms with van der Waals surface area (Å²) < 4.78 is 23.4. The van der Waals surface area contributed by atoms with Crippen LogP contribution < -0.4 is 4.74 Å². The predicted octanol–water partition coefficient (Wildman–Crippen LogP) is 3.87. The molecule has 156 valence electrons. The molecule has 0 spiro atoms. The van der Waals surface area contributed by atoms with Crippen LogP contribution in [0.2, 0.25) is 0 Å². The van der Waals surface area contributed by atoms with Gasteiger partial charge in [0.1, 0.15) is 17.2 Å². The van der Waals surface area contributed by atoms with Crippen LogP contribution >= 0.6 is 0 Å². The Kier molecular flexibility index (Phi) is 7.34. The fourth-order valence-corrected chi connectivity index (χ4v) is 2.47. The van der Waals surface area contributed by atoms with Crippen molar-refractivity contribution in [3.8, 4) is 5.75 Å². The third kappa shape index (κ3) is 7.54. The summed E-state index contributed by atoms with van der Waals surface area (Å²) >= 11 is 0. The molecule has 0 bridgehead atoms. The van der Waals surface area contributed by atoms with Gasteiger partial charge in [-0.2, -0.15) is 0 Å². The molecule has 1 atom stereocenters. The van der Waals surface area contributed by atoms with Gasteiger partial charge in [-0.15, -0.1) is 0 Å². The molecular weight excluding hydrogens is 377 g/mol. The maximum absolute atomic E-state index is 12.9. The molecule has 6 nitrogen and oxygen atoms in total. The Bertz CT molecular complexity index is 828. The third-order valence-electron chi connectivity index (χ3n) is 3.91. The number of halogens is 1. The van der Waals surface area contributed by atoms with Crippen LogP contribution in [0.4, 0.5) is 9.18 Å². The summed E-state index contributed by atoms with van der Waals surface area (Å²) in [6.45, 7) is 5.36. The summed E-state index contributed by atoms with van der Waals surface area (Å²) in [4.78, 5) is 25.3. The van der Waals surface area contributed by atoms with E-state index >= 15 is 0 Å². The van der Waals surface area contributed by atoms with E-state index in [0.717, 1.165) is 0 Å². The molecule has 0 aromatic heterocycles. The quantitative estimate of drug-likeness (QED) is 0.585. The topological polar surface area (TPSA) is 76.1 Å². The second-order valence-corrected chi connectivity index (χ2v) is 7.72. The van der Waals surface area contributed by atoms with Crippen molar-refractivity contribution < 1.29 is 28.6 Å². The molecule has 1 N–H and O–H groups in total. The number of likely N-dealkylation sites (N-methyl/N-ethyl adjacent to an activating group) is 1. The van der Waals surface area contributed by atoms with Crippen LogP contribution in [0.25, 0.3) is 0 Å². The average molecular weight is 403 g/mol. The number of aliphatic hydroxyl groups excluding tert-OH is 1. The van der Waals surface area contributed by atoms with Crippen LogP contribution in [0, 0.1) is 5.82 Å². The highest BCUT2D eigenvalue weighted by molar-refractivity contribution is 5.75. The van der Waals surface area contributed by atoms with E-state index in [1.54, 1.807) is 52.1 Å². The van der Waals surface area contributed by atoms with Gasteiger partial charge in [0.05, 0.1) is 19.1 Å². The smallest absolute Gasteiger partial charge is 0.410 e. The number of esters is 1.